The van der Waals surface area contributed by atoms with E-state index in [1.807, 2.05) is 0 Å². The Bertz CT molecular complexity index is 681. The molecular formula is C17H24F2N6O2. The topological polar surface area (TPSA) is 84.8 Å². The fourth-order valence-electron chi connectivity index (χ4n) is 4.09. The zero-order valence-electron chi connectivity index (χ0n) is 15.0. The van der Waals surface area contributed by atoms with E-state index in [2.05, 4.69) is 25.1 Å². The van der Waals surface area contributed by atoms with Crippen LogP contribution in [0.1, 0.15) is 12.8 Å². The van der Waals surface area contributed by atoms with Gasteiger partial charge in [-0.15, -0.1) is 0 Å². The van der Waals surface area contributed by atoms with Gasteiger partial charge in [0, 0.05) is 51.7 Å². The fraction of sp³-hybridized carbons (Fsp3) is 0.706. The Hall–Kier alpha value is -2.07. The molecule has 0 spiro atoms. The molecule has 1 aromatic rings. The molecule has 0 radical (unpaired) electrons. The van der Waals surface area contributed by atoms with Gasteiger partial charge < -0.3 is 20.2 Å². The summed E-state index contributed by atoms with van der Waals surface area (Å²) in [4.78, 5) is 26.5. The molecule has 3 aliphatic heterocycles. The second-order valence-corrected chi connectivity index (χ2v) is 7.48. The molecule has 1 amide bonds. The predicted molar refractivity (Wildman–Crippen MR) is 93.8 cm³/mol. The van der Waals surface area contributed by atoms with Crippen molar-refractivity contribution >= 4 is 11.9 Å². The van der Waals surface area contributed by atoms with E-state index >= 15 is 0 Å². The van der Waals surface area contributed by atoms with Gasteiger partial charge >= 0.3 is 0 Å². The molecule has 3 fully saturated rings. The first-order valence-corrected chi connectivity index (χ1v) is 9.31. The molecule has 2 N–H and O–H groups in total. The third-order valence-electron chi connectivity index (χ3n) is 5.63. The van der Waals surface area contributed by atoms with E-state index in [0.29, 0.717) is 18.9 Å². The number of rotatable bonds is 3. The van der Waals surface area contributed by atoms with Crippen LogP contribution in [0.3, 0.4) is 0 Å². The molecule has 0 unspecified atom stereocenters. The molecule has 0 bridgehead atoms. The minimum absolute atomic E-state index is 0.0425. The Morgan fingerprint density at radius 3 is 2.52 bits per heavy atom. The van der Waals surface area contributed by atoms with Gasteiger partial charge in [0.1, 0.15) is 0 Å². The van der Waals surface area contributed by atoms with E-state index in [1.165, 1.54) is 17.3 Å². The van der Waals surface area contributed by atoms with Gasteiger partial charge in [-0.1, -0.05) is 0 Å². The van der Waals surface area contributed by atoms with Gasteiger partial charge in [-0.2, -0.15) is 0 Å². The highest BCUT2D eigenvalue weighted by Gasteiger charge is 2.43. The molecule has 0 saturated carbocycles. The summed E-state index contributed by atoms with van der Waals surface area (Å²) in [5, 5.41) is 12.5. The maximum atomic E-state index is 13.4. The SMILES string of the molecule is O=C([C@@H]1C[C@H](N2CCN(c3ncc(O)cn3)CC2)CN1)N1CCC(F)(F)C1. The number of piperazine rings is 1. The predicted octanol–water partition coefficient (Wildman–Crippen LogP) is -0.0977. The van der Waals surface area contributed by atoms with Crippen molar-refractivity contribution < 1.29 is 18.7 Å². The number of hydrogen-bond acceptors (Lipinski definition) is 7. The van der Waals surface area contributed by atoms with Crippen LogP contribution in [0.4, 0.5) is 14.7 Å². The number of likely N-dealkylation sites (tertiary alicyclic amines) is 1. The van der Waals surface area contributed by atoms with Gasteiger partial charge in [0.15, 0.2) is 5.75 Å². The van der Waals surface area contributed by atoms with E-state index in [-0.39, 0.29) is 36.7 Å². The third-order valence-corrected chi connectivity index (χ3v) is 5.63. The molecular weight excluding hydrogens is 358 g/mol. The molecule has 148 valence electrons. The molecule has 4 heterocycles. The highest BCUT2D eigenvalue weighted by Crippen LogP contribution is 2.28. The number of halogens is 2. The smallest absolute Gasteiger partial charge is 0.267 e. The van der Waals surface area contributed by atoms with Crippen LogP contribution in [-0.4, -0.2) is 94.6 Å². The molecule has 2 atom stereocenters. The average molecular weight is 382 g/mol. The molecule has 0 aromatic carbocycles. The van der Waals surface area contributed by atoms with Gasteiger partial charge in [-0.3, -0.25) is 9.69 Å². The van der Waals surface area contributed by atoms with E-state index < -0.39 is 12.5 Å². The largest absolute Gasteiger partial charge is 0.505 e. The zero-order chi connectivity index (χ0) is 19.0. The first kappa shape index (κ1) is 18.3. The fourth-order valence-corrected chi connectivity index (χ4v) is 4.09. The lowest BCUT2D eigenvalue weighted by Gasteiger charge is -2.37. The standard InChI is InChI=1S/C17H24F2N6O2/c18-17(19)1-2-25(11-17)15(27)14-7-12(8-20-14)23-3-5-24(6-4-23)16-21-9-13(26)10-22-16/h9-10,12,14,20,26H,1-8,11H2/t12-,14-/m0/s1. The van der Waals surface area contributed by atoms with Gasteiger partial charge in [0.05, 0.1) is 25.0 Å². The first-order chi connectivity index (χ1) is 12.9. The highest BCUT2D eigenvalue weighted by atomic mass is 19.3. The molecule has 3 saturated heterocycles. The second-order valence-electron chi connectivity index (χ2n) is 7.48. The van der Waals surface area contributed by atoms with Crippen molar-refractivity contribution in [2.75, 3.05) is 50.7 Å². The van der Waals surface area contributed by atoms with Crippen LogP contribution in [-0.2, 0) is 4.79 Å². The van der Waals surface area contributed by atoms with Crippen molar-refractivity contribution in [1.29, 1.82) is 0 Å². The van der Waals surface area contributed by atoms with E-state index in [4.69, 9.17) is 0 Å². The number of amides is 1. The quantitative estimate of drug-likeness (QED) is 0.755. The minimum Gasteiger partial charge on any atom is -0.505 e. The van der Waals surface area contributed by atoms with E-state index in [9.17, 15) is 18.7 Å². The minimum atomic E-state index is -2.75. The van der Waals surface area contributed by atoms with Gasteiger partial charge in [-0.05, 0) is 6.42 Å². The number of anilines is 1. The summed E-state index contributed by atoms with van der Waals surface area (Å²) >= 11 is 0. The summed E-state index contributed by atoms with van der Waals surface area (Å²) in [6.07, 6.45) is 3.17. The Morgan fingerprint density at radius 2 is 1.89 bits per heavy atom. The molecule has 1 aromatic heterocycles. The van der Waals surface area contributed by atoms with Gasteiger partial charge in [-0.25, -0.2) is 18.7 Å². The van der Waals surface area contributed by atoms with Crippen LogP contribution in [0.5, 0.6) is 5.75 Å². The average Bonchev–Trinajstić information content (AvgIpc) is 3.29. The number of hydrogen-bond donors (Lipinski definition) is 2. The summed E-state index contributed by atoms with van der Waals surface area (Å²) in [7, 11) is 0. The van der Waals surface area contributed by atoms with Crippen molar-refractivity contribution in [2.45, 2.75) is 30.8 Å². The van der Waals surface area contributed by atoms with E-state index in [1.54, 1.807) is 0 Å². The number of aromatic hydroxyl groups is 1. The van der Waals surface area contributed by atoms with Crippen molar-refractivity contribution in [1.82, 2.24) is 25.1 Å². The number of aromatic nitrogens is 2. The lowest BCUT2D eigenvalue weighted by Crippen LogP contribution is -2.51. The Morgan fingerprint density at radius 1 is 1.19 bits per heavy atom. The summed E-state index contributed by atoms with van der Waals surface area (Å²) in [5.41, 5.74) is 0. The number of carbonyl (C=O) groups excluding carboxylic acids is 1. The van der Waals surface area contributed by atoms with Crippen LogP contribution < -0.4 is 10.2 Å². The van der Waals surface area contributed by atoms with Crippen molar-refractivity contribution in [3.8, 4) is 5.75 Å². The first-order valence-electron chi connectivity index (χ1n) is 9.31. The maximum Gasteiger partial charge on any atom is 0.267 e. The number of nitrogens with one attached hydrogen (secondary N) is 1. The van der Waals surface area contributed by atoms with Crippen LogP contribution in [0.2, 0.25) is 0 Å². The monoisotopic (exact) mass is 382 g/mol. The summed E-state index contributed by atoms with van der Waals surface area (Å²) < 4.78 is 26.7. The number of nitrogens with zero attached hydrogens (tertiary/aromatic N) is 5. The lowest BCUT2D eigenvalue weighted by molar-refractivity contribution is -0.133. The highest BCUT2D eigenvalue weighted by molar-refractivity contribution is 5.82. The Labute approximate surface area is 156 Å². The van der Waals surface area contributed by atoms with E-state index in [0.717, 1.165) is 26.2 Å². The molecule has 27 heavy (non-hydrogen) atoms. The molecule has 3 aliphatic rings. The van der Waals surface area contributed by atoms with Crippen molar-refractivity contribution in [2.24, 2.45) is 0 Å². The van der Waals surface area contributed by atoms with Crippen LogP contribution in [0.25, 0.3) is 0 Å². The molecule has 0 aliphatic carbocycles. The summed E-state index contributed by atoms with van der Waals surface area (Å²) in [6.45, 7) is 3.53. The molecule has 4 rings (SSSR count). The number of alkyl halides is 2. The Balaban J connectivity index is 1.27. The lowest BCUT2D eigenvalue weighted by atomic mass is 10.1. The third kappa shape index (κ3) is 3.96. The summed E-state index contributed by atoms with van der Waals surface area (Å²) in [5.74, 6) is -2.31. The number of carbonyl (C=O) groups is 1. The van der Waals surface area contributed by atoms with Crippen molar-refractivity contribution in [3.05, 3.63) is 12.4 Å². The second kappa shape index (κ2) is 7.16. The van der Waals surface area contributed by atoms with Gasteiger partial charge in [0.2, 0.25) is 11.9 Å². The van der Waals surface area contributed by atoms with Crippen LogP contribution in [0, 0.1) is 0 Å². The molecule has 10 heteroatoms. The zero-order valence-corrected chi connectivity index (χ0v) is 15.0. The van der Waals surface area contributed by atoms with Crippen LogP contribution >= 0.6 is 0 Å². The van der Waals surface area contributed by atoms with Crippen LogP contribution in [0.15, 0.2) is 12.4 Å². The van der Waals surface area contributed by atoms with Gasteiger partial charge in [0.25, 0.3) is 5.92 Å². The summed E-state index contributed by atoms with van der Waals surface area (Å²) in [6, 6.07) is -0.146. The molecule has 8 nitrogen and oxygen atoms in total. The van der Waals surface area contributed by atoms with Crippen molar-refractivity contribution in [3.63, 3.8) is 0 Å². The normalized spacial score (nSPS) is 28.7. The maximum absolute atomic E-state index is 13.4. The Kier molecular flexibility index (Phi) is 4.85.